The van der Waals surface area contributed by atoms with E-state index in [1.807, 2.05) is 49.4 Å². The van der Waals surface area contributed by atoms with E-state index in [-0.39, 0.29) is 11.9 Å². The topological polar surface area (TPSA) is 51.5 Å². The maximum absolute atomic E-state index is 12.4. The van der Waals surface area contributed by atoms with E-state index in [1.54, 1.807) is 13.2 Å². The van der Waals surface area contributed by atoms with Crippen LogP contribution in [0.1, 0.15) is 29.1 Å². The quantitative estimate of drug-likeness (QED) is 0.721. The van der Waals surface area contributed by atoms with Crippen molar-refractivity contribution in [3.05, 3.63) is 64.3 Å². The van der Waals surface area contributed by atoms with Crippen molar-refractivity contribution in [3.8, 4) is 5.75 Å². The van der Waals surface area contributed by atoms with Crippen LogP contribution in [0.15, 0.2) is 57.4 Å². The molecule has 0 fully saturated rings. The SMILES string of the molecule is COc1ccc([C@@H](C)NC(=O)c2cc3ccccc3o2)cc1Br. The second-order valence-electron chi connectivity index (χ2n) is 5.24. The zero-order valence-corrected chi connectivity index (χ0v) is 14.4. The Morgan fingerprint density at radius 1 is 1.22 bits per heavy atom. The van der Waals surface area contributed by atoms with Gasteiger partial charge in [0.05, 0.1) is 17.6 Å². The van der Waals surface area contributed by atoms with E-state index >= 15 is 0 Å². The van der Waals surface area contributed by atoms with Crippen LogP contribution in [0.4, 0.5) is 0 Å². The molecule has 0 aliphatic heterocycles. The molecule has 2 aromatic carbocycles. The first-order chi connectivity index (χ1) is 11.1. The summed E-state index contributed by atoms with van der Waals surface area (Å²) in [6, 6.07) is 14.9. The van der Waals surface area contributed by atoms with E-state index in [2.05, 4.69) is 21.2 Å². The lowest BCUT2D eigenvalue weighted by Crippen LogP contribution is -2.26. The number of hydrogen-bond acceptors (Lipinski definition) is 3. The third-order valence-electron chi connectivity index (χ3n) is 3.67. The summed E-state index contributed by atoms with van der Waals surface area (Å²) in [5, 5.41) is 3.86. The summed E-state index contributed by atoms with van der Waals surface area (Å²) in [6.45, 7) is 1.93. The zero-order chi connectivity index (χ0) is 16.4. The summed E-state index contributed by atoms with van der Waals surface area (Å²) in [4.78, 5) is 12.4. The van der Waals surface area contributed by atoms with Crippen molar-refractivity contribution < 1.29 is 13.9 Å². The van der Waals surface area contributed by atoms with Crippen molar-refractivity contribution in [2.24, 2.45) is 0 Å². The number of para-hydroxylation sites is 1. The maximum atomic E-state index is 12.4. The van der Waals surface area contributed by atoms with E-state index in [0.717, 1.165) is 21.2 Å². The number of ether oxygens (including phenoxy) is 1. The minimum absolute atomic E-state index is 0.155. The van der Waals surface area contributed by atoms with Gasteiger partial charge in [-0.1, -0.05) is 24.3 Å². The average molecular weight is 374 g/mol. The fraction of sp³-hybridized carbons (Fsp3) is 0.167. The highest BCUT2D eigenvalue weighted by Gasteiger charge is 2.16. The molecule has 3 aromatic rings. The van der Waals surface area contributed by atoms with Crippen molar-refractivity contribution in [2.45, 2.75) is 13.0 Å². The Balaban J connectivity index is 1.77. The van der Waals surface area contributed by atoms with Gasteiger partial charge in [-0.05, 0) is 52.7 Å². The van der Waals surface area contributed by atoms with Crippen LogP contribution in [-0.4, -0.2) is 13.0 Å². The summed E-state index contributed by atoms with van der Waals surface area (Å²) in [5.41, 5.74) is 1.68. The summed E-state index contributed by atoms with van der Waals surface area (Å²) in [5.74, 6) is 0.829. The second-order valence-corrected chi connectivity index (χ2v) is 6.09. The molecule has 1 heterocycles. The molecule has 4 nitrogen and oxygen atoms in total. The number of fused-ring (bicyclic) bond motifs is 1. The Morgan fingerprint density at radius 3 is 2.70 bits per heavy atom. The van der Waals surface area contributed by atoms with Crippen molar-refractivity contribution in [1.29, 1.82) is 0 Å². The smallest absolute Gasteiger partial charge is 0.287 e. The largest absolute Gasteiger partial charge is 0.496 e. The average Bonchev–Trinajstić information content (AvgIpc) is 2.99. The van der Waals surface area contributed by atoms with Crippen LogP contribution >= 0.6 is 15.9 Å². The molecule has 3 rings (SSSR count). The summed E-state index contributed by atoms with van der Waals surface area (Å²) >= 11 is 3.45. The number of halogens is 1. The normalized spacial score (nSPS) is 12.1. The molecule has 23 heavy (non-hydrogen) atoms. The van der Waals surface area contributed by atoms with Crippen LogP contribution < -0.4 is 10.1 Å². The van der Waals surface area contributed by atoms with Gasteiger partial charge in [0.25, 0.3) is 5.91 Å². The zero-order valence-electron chi connectivity index (χ0n) is 12.8. The molecule has 118 valence electrons. The first-order valence-electron chi connectivity index (χ1n) is 7.21. The standard InChI is InChI=1S/C18H16BrNO3/c1-11(12-7-8-16(22-2)14(19)9-12)20-18(21)17-10-13-5-3-4-6-15(13)23-17/h3-11H,1-2H3,(H,20,21)/t11-/m1/s1. The van der Waals surface area contributed by atoms with Gasteiger partial charge in [0.15, 0.2) is 5.76 Å². The molecule has 0 bridgehead atoms. The van der Waals surface area contributed by atoms with Crippen molar-refractivity contribution in [3.63, 3.8) is 0 Å². The lowest BCUT2D eigenvalue weighted by molar-refractivity contribution is 0.0914. The molecule has 1 amide bonds. The number of hydrogen-bond donors (Lipinski definition) is 1. The van der Waals surface area contributed by atoms with Crippen molar-refractivity contribution in [1.82, 2.24) is 5.32 Å². The number of rotatable bonds is 4. The number of nitrogens with one attached hydrogen (secondary N) is 1. The molecule has 0 spiro atoms. The molecule has 1 atom stereocenters. The van der Waals surface area contributed by atoms with Gasteiger partial charge in [-0.25, -0.2) is 0 Å². The Morgan fingerprint density at radius 2 is 2.00 bits per heavy atom. The number of benzene rings is 2. The molecule has 0 saturated heterocycles. The molecular weight excluding hydrogens is 358 g/mol. The monoisotopic (exact) mass is 373 g/mol. The first kappa shape index (κ1) is 15.6. The Labute approximate surface area is 142 Å². The Kier molecular flexibility index (Phi) is 4.39. The molecule has 5 heteroatoms. The maximum Gasteiger partial charge on any atom is 0.287 e. The van der Waals surface area contributed by atoms with Crippen molar-refractivity contribution in [2.75, 3.05) is 7.11 Å². The van der Waals surface area contributed by atoms with E-state index in [0.29, 0.717) is 11.3 Å². The first-order valence-corrected chi connectivity index (χ1v) is 8.00. The summed E-state index contributed by atoms with van der Waals surface area (Å²) in [6.07, 6.45) is 0. The predicted octanol–water partition coefficient (Wildman–Crippen LogP) is 4.69. The fourth-order valence-corrected chi connectivity index (χ4v) is 2.96. The van der Waals surface area contributed by atoms with Crippen LogP contribution in [0.25, 0.3) is 11.0 Å². The van der Waals surface area contributed by atoms with Crippen LogP contribution in [0.2, 0.25) is 0 Å². The Bertz CT molecular complexity index is 823. The minimum atomic E-state index is -0.236. The third-order valence-corrected chi connectivity index (χ3v) is 4.29. The van der Waals surface area contributed by atoms with Crippen LogP contribution in [0, 0.1) is 0 Å². The van der Waals surface area contributed by atoms with Gasteiger partial charge in [0.2, 0.25) is 0 Å². The highest BCUT2D eigenvalue weighted by atomic mass is 79.9. The third kappa shape index (κ3) is 3.24. The van der Waals surface area contributed by atoms with Gasteiger partial charge in [-0.3, -0.25) is 4.79 Å². The van der Waals surface area contributed by atoms with Gasteiger partial charge in [-0.2, -0.15) is 0 Å². The van der Waals surface area contributed by atoms with Gasteiger partial charge in [0, 0.05) is 5.39 Å². The van der Waals surface area contributed by atoms with Gasteiger partial charge < -0.3 is 14.5 Å². The molecular formula is C18H16BrNO3. The van der Waals surface area contributed by atoms with Gasteiger partial charge >= 0.3 is 0 Å². The second kappa shape index (κ2) is 6.46. The lowest BCUT2D eigenvalue weighted by Gasteiger charge is -2.14. The lowest BCUT2D eigenvalue weighted by atomic mass is 10.1. The predicted molar refractivity (Wildman–Crippen MR) is 92.8 cm³/mol. The molecule has 0 unspecified atom stereocenters. The van der Waals surface area contributed by atoms with E-state index in [1.165, 1.54) is 0 Å². The van der Waals surface area contributed by atoms with E-state index in [9.17, 15) is 4.79 Å². The number of amides is 1. The number of methoxy groups -OCH3 is 1. The van der Waals surface area contributed by atoms with Crippen LogP contribution in [0.3, 0.4) is 0 Å². The summed E-state index contributed by atoms with van der Waals surface area (Å²) < 4.78 is 11.6. The molecule has 0 aliphatic rings. The molecule has 0 saturated carbocycles. The van der Waals surface area contributed by atoms with Crippen molar-refractivity contribution >= 4 is 32.8 Å². The number of furan rings is 1. The minimum Gasteiger partial charge on any atom is -0.496 e. The van der Waals surface area contributed by atoms with Gasteiger partial charge in [0.1, 0.15) is 11.3 Å². The molecule has 0 radical (unpaired) electrons. The van der Waals surface area contributed by atoms with Crippen LogP contribution in [-0.2, 0) is 0 Å². The molecule has 1 aromatic heterocycles. The Hall–Kier alpha value is -2.27. The molecule has 0 aliphatic carbocycles. The number of carbonyl (C=O) groups is 1. The summed E-state index contributed by atoms with van der Waals surface area (Å²) in [7, 11) is 1.62. The van der Waals surface area contributed by atoms with Gasteiger partial charge in [-0.15, -0.1) is 0 Å². The van der Waals surface area contributed by atoms with E-state index < -0.39 is 0 Å². The van der Waals surface area contributed by atoms with E-state index in [4.69, 9.17) is 9.15 Å². The highest BCUT2D eigenvalue weighted by Crippen LogP contribution is 2.28. The van der Waals surface area contributed by atoms with Crippen LogP contribution in [0.5, 0.6) is 5.75 Å². The molecule has 1 N–H and O–H groups in total. The highest BCUT2D eigenvalue weighted by molar-refractivity contribution is 9.10. The fourth-order valence-electron chi connectivity index (χ4n) is 2.40. The number of carbonyl (C=O) groups excluding carboxylic acids is 1.